The minimum atomic E-state index is -0.0288. The van der Waals surface area contributed by atoms with Gasteiger partial charge in [0, 0.05) is 51.9 Å². The van der Waals surface area contributed by atoms with E-state index in [2.05, 4.69) is 16.8 Å². The molecule has 1 atom stereocenters. The van der Waals surface area contributed by atoms with Crippen LogP contribution < -0.4 is 4.74 Å². The molecule has 1 aromatic carbocycles. The fourth-order valence-electron chi connectivity index (χ4n) is 5.08. The Labute approximate surface area is 174 Å². The lowest BCUT2D eigenvalue weighted by atomic mass is 9.81. The van der Waals surface area contributed by atoms with Crippen LogP contribution in [-0.2, 0) is 16.0 Å². The van der Waals surface area contributed by atoms with Crippen molar-refractivity contribution >= 4 is 5.91 Å². The molecule has 1 aromatic rings. The number of piperidine rings is 1. The van der Waals surface area contributed by atoms with Crippen molar-refractivity contribution in [3.63, 3.8) is 0 Å². The first kappa shape index (κ1) is 20.6. The molecule has 1 unspecified atom stereocenters. The van der Waals surface area contributed by atoms with E-state index in [1.54, 1.807) is 7.11 Å². The van der Waals surface area contributed by atoms with Gasteiger partial charge in [-0.15, -0.1) is 0 Å². The fraction of sp³-hybridized carbons (Fsp3) is 0.696. The summed E-state index contributed by atoms with van der Waals surface area (Å²) in [6, 6.07) is 8.44. The molecule has 4 rings (SSSR count). The summed E-state index contributed by atoms with van der Waals surface area (Å²) in [6.07, 6.45) is 4.62. The molecule has 0 radical (unpaired) electrons. The Morgan fingerprint density at radius 3 is 2.66 bits per heavy atom. The monoisotopic (exact) mass is 401 g/mol. The van der Waals surface area contributed by atoms with Crippen LogP contribution >= 0.6 is 0 Å². The summed E-state index contributed by atoms with van der Waals surface area (Å²) in [5, 5.41) is 0. The number of amides is 1. The molecule has 0 aromatic heterocycles. The number of likely N-dealkylation sites (tertiary alicyclic amines) is 1. The van der Waals surface area contributed by atoms with E-state index >= 15 is 0 Å². The van der Waals surface area contributed by atoms with Crippen molar-refractivity contribution in [3.8, 4) is 5.75 Å². The van der Waals surface area contributed by atoms with E-state index in [1.165, 1.54) is 13.1 Å². The summed E-state index contributed by atoms with van der Waals surface area (Å²) in [5.74, 6) is 1.01. The molecule has 6 heteroatoms. The fourth-order valence-corrected chi connectivity index (χ4v) is 5.08. The lowest BCUT2D eigenvalue weighted by molar-refractivity contribution is -0.149. The van der Waals surface area contributed by atoms with E-state index in [4.69, 9.17) is 9.47 Å². The maximum atomic E-state index is 12.8. The maximum Gasteiger partial charge on any atom is 0.226 e. The number of rotatable bonds is 4. The second-order valence-electron chi connectivity index (χ2n) is 8.93. The van der Waals surface area contributed by atoms with Gasteiger partial charge >= 0.3 is 0 Å². The minimum absolute atomic E-state index is 0.0288. The number of carbonyl (C=O) groups excluding carboxylic acids is 1. The van der Waals surface area contributed by atoms with E-state index in [0.717, 1.165) is 69.8 Å². The smallest absolute Gasteiger partial charge is 0.226 e. The molecule has 160 valence electrons. The molecule has 3 saturated heterocycles. The SMILES string of the molecule is COc1cccc(CC(=O)N2CCC3(CC2)CC(N2CCN(C)CC2)CCO3)c1. The highest BCUT2D eigenvalue weighted by atomic mass is 16.5. The van der Waals surface area contributed by atoms with E-state index < -0.39 is 0 Å². The number of hydrogen-bond donors (Lipinski definition) is 0. The zero-order valence-corrected chi connectivity index (χ0v) is 17.9. The highest BCUT2D eigenvalue weighted by Crippen LogP contribution is 2.37. The number of methoxy groups -OCH3 is 1. The van der Waals surface area contributed by atoms with Gasteiger partial charge in [0.2, 0.25) is 5.91 Å². The standard InChI is InChI=1S/C23H35N3O3/c1-24-11-13-25(14-12-24)20-6-15-29-23(18-20)7-9-26(10-8-23)22(27)17-19-4-3-5-21(16-19)28-2/h3-5,16,20H,6-15,17-18H2,1-2H3. The number of hydrogen-bond acceptors (Lipinski definition) is 5. The van der Waals surface area contributed by atoms with Crippen LogP contribution in [0.5, 0.6) is 5.75 Å². The molecule has 1 spiro atoms. The summed E-state index contributed by atoms with van der Waals surface area (Å²) in [5.41, 5.74) is 0.984. The minimum Gasteiger partial charge on any atom is -0.497 e. The van der Waals surface area contributed by atoms with Gasteiger partial charge in [0.1, 0.15) is 5.75 Å². The van der Waals surface area contributed by atoms with E-state index in [9.17, 15) is 4.79 Å². The highest BCUT2D eigenvalue weighted by Gasteiger charge is 2.42. The molecule has 0 N–H and O–H groups in total. The van der Waals surface area contributed by atoms with Crippen molar-refractivity contribution in [2.75, 3.05) is 60.0 Å². The third-order valence-electron chi connectivity index (χ3n) is 7.04. The summed E-state index contributed by atoms with van der Waals surface area (Å²) in [4.78, 5) is 19.9. The Kier molecular flexibility index (Phi) is 6.42. The molecular weight excluding hydrogens is 366 g/mol. The van der Waals surface area contributed by atoms with E-state index in [-0.39, 0.29) is 11.5 Å². The second kappa shape index (κ2) is 9.02. The Morgan fingerprint density at radius 2 is 1.93 bits per heavy atom. The number of benzene rings is 1. The molecule has 1 amide bonds. The van der Waals surface area contributed by atoms with Crippen LogP contribution in [-0.4, -0.2) is 92.3 Å². The van der Waals surface area contributed by atoms with Gasteiger partial charge in [0.25, 0.3) is 0 Å². The molecule has 3 aliphatic heterocycles. The molecule has 0 bridgehead atoms. The predicted molar refractivity (Wildman–Crippen MR) is 113 cm³/mol. The molecule has 29 heavy (non-hydrogen) atoms. The Bertz CT molecular complexity index is 694. The van der Waals surface area contributed by atoms with Crippen molar-refractivity contribution in [3.05, 3.63) is 29.8 Å². The summed E-state index contributed by atoms with van der Waals surface area (Å²) in [7, 11) is 3.87. The molecule has 6 nitrogen and oxygen atoms in total. The average Bonchev–Trinajstić information content (AvgIpc) is 2.75. The number of piperazine rings is 1. The molecular formula is C23H35N3O3. The van der Waals surface area contributed by atoms with E-state index in [0.29, 0.717) is 12.5 Å². The third-order valence-corrected chi connectivity index (χ3v) is 7.04. The Balaban J connectivity index is 1.30. The van der Waals surface area contributed by atoms with Gasteiger partial charge in [-0.3, -0.25) is 9.69 Å². The normalized spacial score (nSPS) is 25.9. The number of nitrogens with zero attached hydrogens (tertiary/aromatic N) is 3. The van der Waals surface area contributed by atoms with Gasteiger partial charge in [-0.05, 0) is 50.4 Å². The van der Waals surface area contributed by atoms with Gasteiger partial charge < -0.3 is 19.3 Å². The zero-order chi connectivity index (χ0) is 20.3. The molecule has 3 aliphatic rings. The molecule has 3 fully saturated rings. The Hall–Kier alpha value is -1.63. The first-order valence-corrected chi connectivity index (χ1v) is 11.0. The number of carbonyl (C=O) groups is 1. The van der Waals surface area contributed by atoms with Crippen molar-refractivity contribution < 1.29 is 14.3 Å². The first-order valence-electron chi connectivity index (χ1n) is 11.0. The molecule has 0 saturated carbocycles. The van der Waals surface area contributed by atoms with Crippen molar-refractivity contribution in [1.29, 1.82) is 0 Å². The van der Waals surface area contributed by atoms with Gasteiger partial charge in [0.15, 0.2) is 0 Å². The quantitative estimate of drug-likeness (QED) is 0.773. The van der Waals surface area contributed by atoms with Gasteiger partial charge in [0.05, 0.1) is 19.1 Å². The Morgan fingerprint density at radius 1 is 1.17 bits per heavy atom. The van der Waals surface area contributed by atoms with Crippen molar-refractivity contribution in [1.82, 2.24) is 14.7 Å². The van der Waals surface area contributed by atoms with Crippen molar-refractivity contribution in [2.45, 2.75) is 43.7 Å². The predicted octanol–water partition coefficient (Wildman–Crippen LogP) is 2.03. The summed E-state index contributed by atoms with van der Waals surface area (Å²) < 4.78 is 11.6. The van der Waals surface area contributed by atoms with Crippen LogP contribution in [0.3, 0.4) is 0 Å². The van der Waals surface area contributed by atoms with Crippen LogP contribution in [0.15, 0.2) is 24.3 Å². The van der Waals surface area contributed by atoms with Crippen LogP contribution in [0.1, 0.15) is 31.2 Å². The van der Waals surface area contributed by atoms with Crippen LogP contribution in [0, 0.1) is 0 Å². The largest absolute Gasteiger partial charge is 0.497 e. The second-order valence-corrected chi connectivity index (χ2v) is 8.93. The highest BCUT2D eigenvalue weighted by molar-refractivity contribution is 5.79. The van der Waals surface area contributed by atoms with Gasteiger partial charge in [-0.1, -0.05) is 12.1 Å². The first-order chi connectivity index (χ1) is 14.1. The number of ether oxygens (including phenoxy) is 2. The lowest BCUT2D eigenvalue weighted by Gasteiger charge is -2.49. The maximum absolute atomic E-state index is 12.8. The van der Waals surface area contributed by atoms with Crippen LogP contribution in [0.25, 0.3) is 0 Å². The zero-order valence-electron chi connectivity index (χ0n) is 17.9. The molecule has 3 heterocycles. The lowest BCUT2D eigenvalue weighted by Crippen LogP contribution is -2.57. The molecule has 0 aliphatic carbocycles. The number of likely N-dealkylation sites (N-methyl/N-ethyl adjacent to an activating group) is 1. The van der Waals surface area contributed by atoms with Gasteiger partial charge in [-0.25, -0.2) is 0 Å². The van der Waals surface area contributed by atoms with Crippen molar-refractivity contribution in [2.24, 2.45) is 0 Å². The van der Waals surface area contributed by atoms with Gasteiger partial charge in [-0.2, -0.15) is 0 Å². The third kappa shape index (κ3) is 4.93. The summed E-state index contributed by atoms with van der Waals surface area (Å²) >= 11 is 0. The van der Waals surface area contributed by atoms with E-state index in [1.807, 2.05) is 29.2 Å². The summed E-state index contributed by atoms with van der Waals surface area (Å²) in [6.45, 7) is 7.13. The topological polar surface area (TPSA) is 45.2 Å². The van der Waals surface area contributed by atoms with Crippen LogP contribution in [0.4, 0.5) is 0 Å². The van der Waals surface area contributed by atoms with Crippen LogP contribution in [0.2, 0.25) is 0 Å². The average molecular weight is 402 g/mol.